The van der Waals surface area contributed by atoms with E-state index in [0.717, 1.165) is 12.0 Å². The van der Waals surface area contributed by atoms with Gasteiger partial charge in [0.15, 0.2) is 4.77 Å². The highest BCUT2D eigenvalue weighted by Crippen LogP contribution is 2.33. The van der Waals surface area contributed by atoms with E-state index in [-0.39, 0.29) is 16.3 Å². The van der Waals surface area contributed by atoms with Gasteiger partial charge in [0.05, 0.1) is 17.7 Å². The Labute approximate surface area is 131 Å². The van der Waals surface area contributed by atoms with Crippen LogP contribution in [-0.2, 0) is 11.2 Å². The SMILES string of the molecule is CCCOC(=O)c1ccc2c(c1)Cc1c([nH]c(=S)[nH]c1=O)O2. The lowest BCUT2D eigenvalue weighted by Gasteiger charge is -2.19. The van der Waals surface area contributed by atoms with Gasteiger partial charge in [0.1, 0.15) is 5.75 Å². The standard InChI is InChI=1S/C15H14N2O4S/c1-2-5-20-14(19)8-3-4-11-9(6-8)7-10-12(18)16-15(22)17-13(10)21-11/h3-4,6H,2,5,7H2,1H3,(H2,16,17,18,22). The predicted octanol–water partition coefficient (Wildman–Crippen LogP) is 2.70. The van der Waals surface area contributed by atoms with Crippen molar-refractivity contribution in [1.82, 2.24) is 9.97 Å². The molecule has 2 heterocycles. The van der Waals surface area contributed by atoms with Crippen LogP contribution >= 0.6 is 12.2 Å². The first-order chi connectivity index (χ1) is 10.6. The summed E-state index contributed by atoms with van der Waals surface area (Å²) in [6, 6.07) is 5.03. The van der Waals surface area contributed by atoms with Gasteiger partial charge in [-0.1, -0.05) is 6.92 Å². The molecule has 0 radical (unpaired) electrons. The monoisotopic (exact) mass is 318 g/mol. The fourth-order valence-corrected chi connectivity index (χ4v) is 2.45. The third kappa shape index (κ3) is 2.67. The first kappa shape index (κ1) is 14.5. The van der Waals surface area contributed by atoms with Crippen molar-refractivity contribution in [3.8, 4) is 11.6 Å². The van der Waals surface area contributed by atoms with Crippen molar-refractivity contribution in [2.45, 2.75) is 19.8 Å². The minimum Gasteiger partial charge on any atom is -0.462 e. The normalized spacial score (nSPS) is 12.0. The van der Waals surface area contributed by atoms with E-state index < -0.39 is 0 Å². The Hall–Kier alpha value is -2.41. The Balaban J connectivity index is 1.95. The van der Waals surface area contributed by atoms with Gasteiger partial charge in [0.2, 0.25) is 5.88 Å². The maximum absolute atomic E-state index is 11.9. The summed E-state index contributed by atoms with van der Waals surface area (Å²) < 4.78 is 11.0. The molecule has 0 spiro atoms. The summed E-state index contributed by atoms with van der Waals surface area (Å²) in [4.78, 5) is 29.2. The number of hydrogen-bond acceptors (Lipinski definition) is 5. The molecule has 22 heavy (non-hydrogen) atoms. The number of benzene rings is 1. The fraction of sp³-hybridized carbons (Fsp3) is 0.267. The first-order valence-corrected chi connectivity index (χ1v) is 7.32. The first-order valence-electron chi connectivity index (χ1n) is 6.92. The Morgan fingerprint density at radius 2 is 2.23 bits per heavy atom. The van der Waals surface area contributed by atoms with Crippen molar-refractivity contribution in [3.05, 3.63) is 50.0 Å². The highest BCUT2D eigenvalue weighted by atomic mass is 32.1. The molecule has 0 aliphatic carbocycles. The smallest absolute Gasteiger partial charge is 0.338 e. The average molecular weight is 318 g/mol. The second-order valence-corrected chi connectivity index (χ2v) is 5.36. The Morgan fingerprint density at radius 3 is 3.00 bits per heavy atom. The maximum atomic E-state index is 11.9. The molecule has 0 unspecified atom stereocenters. The lowest BCUT2D eigenvalue weighted by atomic mass is 10.0. The zero-order chi connectivity index (χ0) is 15.7. The van der Waals surface area contributed by atoms with Gasteiger partial charge in [-0.15, -0.1) is 0 Å². The molecule has 1 aliphatic rings. The topological polar surface area (TPSA) is 84.2 Å². The molecule has 1 aromatic carbocycles. The largest absolute Gasteiger partial charge is 0.462 e. The van der Waals surface area contributed by atoms with Crippen molar-refractivity contribution >= 4 is 18.2 Å². The fourth-order valence-electron chi connectivity index (χ4n) is 2.26. The molecule has 1 aliphatic heterocycles. The summed E-state index contributed by atoms with van der Waals surface area (Å²) in [6.07, 6.45) is 1.13. The van der Waals surface area contributed by atoms with Crippen LogP contribution in [0.4, 0.5) is 0 Å². The van der Waals surface area contributed by atoms with Crippen molar-refractivity contribution in [1.29, 1.82) is 0 Å². The number of esters is 1. The van der Waals surface area contributed by atoms with Crippen LogP contribution in [0.15, 0.2) is 23.0 Å². The molecule has 1 aromatic heterocycles. The van der Waals surface area contributed by atoms with Gasteiger partial charge >= 0.3 is 5.97 Å². The molecule has 6 nitrogen and oxygen atoms in total. The zero-order valence-corrected chi connectivity index (χ0v) is 12.7. The van der Waals surface area contributed by atoms with Crippen LogP contribution in [0.3, 0.4) is 0 Å². The van der Waals surface area contributed by atoms with Crippen LogP contribution in [0.25, 0.3) is 0 Å². The quantitative estimate of drug-likeness (QED) is 0.573. The molecule has 2 aromatic rings. The van der Waals surface area contributed by atoms with Gasteiger partial charge in [-0.25, -0.2) is 4.79 Å². The molecule has 0 bridgehead atoms. The summed E-state index contributed by atoms with van der Waals surface area (Å²) in [5.74, 6) is 0.565. The van der Waals surface area contributed by atoms with Crippen LogP contribution in [0, 0.1) is 4.77 Å². The zero-order valence-electron chi connectivity index (χ0n) is 11.9. The number of hydrogen-bond donors (Lipinski definition) is 2. The van der Waals surface area contributed by atoms with Gasteiger partial charge in [-0.3, -0.25) is 9.78 Å². The van der Waals surface area contributed by atoms with E-state index in [4.69, 9.17) is 21.7 Å². The van der Waals surface area contributed by atoms with E-state index in [1.54, 1.807) is 18.2 Å². The minimum absolute atomic E-state index is 0.215. The highest BCUT2D eigenvalue weighted by molar-refractivity contribution is 7.71. The van der Waals surface area contributed by atoms with E-state index in [9.17, 15) is 9.59 Å². The summed E-state index contributed by atoms with van der Waals surface area (Å²) in [5, 5.41) is 0. The highest BCUT2D eigenvalue weighted by Gasteiger charge is 2.22. The second kappa shape index (κ2) is 5.76. The van der Waals surface area contributed by atoms with Crippen LogP contribution in [0.5, 0.6) is 11.6 Å². The Kier molecular flexibility index (Phi) is 3.81. The number of ether oxygens (including phenoxy) is 2. The number of carbonyl (C=O) groups is 1. The number of aromatic amines is 2. The summed E-state index contributed by atoms with van der Waals surface area (Å²) in [7, 11) is 0. The van der Waals surface area contributed by atoms with Crippen LogP contribution < -0.4 is 10.3 Å². The third-order valence-corrected chi connectivity index (χ3v) is 3.52. The molecule has 7 heteroatoms. The Bertz CT molecular complexity index is 853. The van der Waals surface area contributed by atoms with Gasteiger partial charge in [-0.2, -0.15) is 0 Å². The third-order valence-electron chi connectivity index (χ3n) is 3.32. The molecule has 0 amide bonds. The molecule has 2 N–H and O–H groups in total. The Morgan fingerprint density at radius 1 is 1.41 bits per heavy atom. The lowest BCUT2D eigenvalue weighted by molar-refractivity contribution is 0.0505. The van der Waals surface area contributed by atoms with E-state index >= 15 is 0 Å². The van der Waals surface area contributed by atoms with Crippen molar-refractivity contribution < 1.29 is 14.3 Å². The van der Waals surface area contributed by atoms with Gasteiger partial charge in [0, 0.05) is 12.0 Å². The van der Waals surface area contributed by atoms with Crippen LogP contribution in [0.2, 0.25) is 0 Å². The van der Waals surface area contributed by atoms with E-state index in [2.05, 4.69) is 9.97 Å². The predicted molar refractivity (Wildman–Crippen MR) is 82.1 cm³/mol. The average Bonchev–Trinajstić information content (AvgIpc) is 2.50. The maximum Gasteiger partial charge on any atom is 0.338 e. The number of nitrogens with one attached hydrogen (secondary N) is 2. The summed E-state index contributed by atoms with van der Waals surface area (Å²) >= 11 is 4.93. The number of rotatable bonds is 3. The van der Waals surface area contributed by atoms with Crippen molar-refractivity contribution in [2.24, 2.45) is 0 Å². The number of aromatic nitrogens is 2. The minimum atomic E-state index is -0.378. The number of H-pyrrole nitrogens is 2. The van der Waals surface area contributed by atoms with E-state index in [1.807, 2.05) is 6.92 Å². The molecule has 0 saturated carbocycles. The molecule has 0 saturated heterocycles. The van der Waals surface area contributed by atoms with E-state index in [1.165, 1.54) is 0 Å². The summed E-state index contributed by atoms with van der Waals surface area (Å²) in [5.41, 5.74) is 1.37. The number of fused-ring (bicyclic) bond motifs is 2. The molecule has 0 fully saturated rings. The molecule has 0 atom stereocenters. The molecule has 3 rings (SSSR count). The van der Waals surface area contributed by atoms with Crippen molar-refractivity contribution in [3.63, 3.8) is 0 Å². The van der Waals surface area contributed by atoms with Crippen molar-refractivity contribution in [2.75, 3.05) is 6.61 Å². The van der Waals surface area contributed by atoms with Crippen LogP contribution in [0.1, 0.15) is 34.8 Å². The van der Waals surface area contributed by atoms with Gasteiger partial charge in [-0.05, 0) is 36.8 Å². The van der Waals surface area contributed by atoms with Gasteiger partial charge in [0.25, 0.3) is 5.56 Å². The van der Waals surface area contributed by atoms with E-state index in [0.29, 0.717) is 35.8 Å². The molecule has 114 valence electrons. The molecular weight excluding hydrogens is 304 g/mol. The van der Waals surface area contributed by atoms with Crippen LogP contribution in [-0.4, -0.2) is 22.5 Å². The lowest BCUT2D eigenvalue weighted by Crippen LogP contribution is -2.19. The van der Waals surface area contributed by atoms with Gasteiger partial charge < -0.3 is 14.5 Å². The number of carbonyl (C=O) groups excluding carboxylic acids is 1. The summed E-state index contributed by atoms with van der Waals surface area (Å²) in [6.45, 7) is 2.31. The second-order valence-electron chi connectivity index (χ2n) is 4.95. The molecular formula is C15H14N2O4S.